The van der Waals surface area contributed by atoms with Gasteiger partial charge in [0.1, 0.15) is 4.90 Å². The summed E-state index contributed by atoms with van der Waals surface area (Å²) in [6, 6.07) is 6.82. The molecule has 0 aliphatic heterocycles. The van der Waals surface area contributed by atoms with Gasteiger partial charge in [-0.25, -0.2) is 0 Å². The Morgan fingerprint density at radius 2 is 1.95 bits per heavy atom. The molecule has 0 aliphatic carbocycles. The average molecular weight is 297 g/mol. The summed E-state index contributed by atoms with van der Waals surface area (Å²) in [6.07, 6.45) is 1.61. The Hall–Kier alpha value is -1.37. The highest BCUT2D eigenvalue weighted by Gasteiger charge is 2.25. The van der Waals surface area contributed by atoms with Crippen molar-refractivity contribution in [1.82, 2.24) is 4.57 Å². The molecule has 1 aromatic heterocycles. The molecule has 5 nitrogen and oxygen atoms in total. The van der Waals surface area contributed by atoms with Crippen LogP contribution in [0.2, 0.25) is 0 Å². The largest absolute Gasteiger partial charge is 0.394 e. The zero-order chi connectivity index (χ0) is 14.9. The maximum absolute atomic E-state index is 11.6. The minimum Gasteiger partial charge on any atom is -0.394 e. The summed E-state index contributed by atoms with van der Waals surface area (Å²) in [5.41, 5.74) is 1.17. The Kier molecular flexibility index (Phi) is 4.17. The van der Waals surface area contributed by atoms with Gasteiger partial charge in [-0.15, -0.1) is 0 Å². The van der Waals surface area contributed by atoms with Crippen LogP contribution in [0, 0.1) is 6.92 Å². The van der Waals surface area contributed by atoms with Crippen LogP contribution < -0.4 is 0 Å². The average Bonchev–Trinajstić information content (AvgIpc) is 2.68. The van der Waals surface area contributed by atoms with Gasteiger partial charge in [0.25, 0.3) is 10.1 Å². The molecule has 110 valence electrons. The molecule has 0 radical (unpaired) electrons. The lowest BCUT2D eigenvalue weighted by Gasteiger charge is -2.19. The van der Waals surface area contributed by atoms with E-state index in [0.29, 0.717) is 16.6 Å². The van der Waals surface area contributed by atoms with Crippen LogP contribution in [0.25, 0.3) is 10.9 Å². The molecule has 0 amide bonds. The van der Waals surface area contributed by atoms with E-state index in [9.17, 15) is 18.1 Å². The van der Waals surface area contributed by atoms with Crippen LogP contribution in [0.15, 0.2) is 29.2 Å². The lowest BCUT2D eigenvalue weighted by Crippen LogP contribution is -2.15. The van der Waals surface area contributed by atoms with Crippen molar-refractivity contribution in [2.45, 2.75) is 37.6 Å². The number of hydrogen-bond donors (Lipinski definition) is 2. The molecule has 0 fully saturated rings. The molecule has 0 spiro atoms. The van der Waals surface area contributed by atoms with E-state index in [1.54, 1.807) is 25.1 Å². The highest BCUT2D eigenvalue weighted by molar-refractivity contribution is 7.86. The number of nitrogens with zero attached hydrogens (tertiary/aromatic N) is 1. The monoisotopic (exact) mass is 297 g/mol. The Morgan fingerprint density at radius 1 is 1.30 bits per heavy atom. The van der Waals surface area contributed by atoms with Crippen molar-refractivity contribution in [3.63, 3.8) is 0 Å². The standard InChI is InChI=1S/C14H19NO4S/c1-3-6-11(9-16)15-10(2)14(20(17,18)19)12-7-4-5-8-13(12)15/h4-5,7-8,11,16H,3,6,9H2,1-2H3,(H,17,18,19). The fourth-order valence-corrected chi connectivity index (χ4v) is 3.71. The van der Waals surface area contributed by atoms with Gasteiger partial charge in [-0.1, -0.05) is 31.5 Å². The zero-order valence-corrected chi connectivity index (χ0v) is 12.4. The third kappa shape index (κ3) is 2.46. The van der Waals surface area contributed by atoms with E-state index in [-0.39, 0.29) is 17.5 Å². The van der Waals surface area contributed by atoms with Crippen LogP contribution in [0.3, 0.4) is 0 Å². The van der Waals surface area contributed by atoms with Gasteiger partial charge in [0, 0.05) is 16.6 Å². The summed E-state index contributed by atoms with van der Waals surface area (Å²) in [5.74, 6) is 0. The van der Waals surface area contributed by atoms with Crippen molar-refractivity contribution >= 4 is 21.0 Å². The second kappa shape index (κ2) is 5.55. The molecule has 2 N–H and O–H groups in total. The second-order valence-corrected chi connectivity index (χ2v) is 6.26. The van der Waals surface area contributed by atoms with Gasteiger partial charge in [0.05, 0.1) is 12.6 Å². The van der Waals surface area contributed by atoms with E-state index in [1.807, 2.05) is 17.6 Å². The zero-order valence-electron chi connectivity index (χ0n) is 11.6. The van der Waals surface area contributed by atoms with Crippen molar-refractivity contribution in [2.24, 2.45) is 0 Å². The van der Waals surface area contributed by atoms with E-state index in [0.717, 1.165) is 12.8 Å². The number of aromatic nitrogens is 1. The smallest absolute Gasteiger partial charge is 0.296 e. The van der Waals surface area contributed by atoms with Crippen molar-refractivity contribution in [2.75, 3.05) is 6.61 Å². The summed E-state index contributed by atoms with van der Waals surface area (Å²) < 4.78 is 34.5. The summed E-state index contributed by atoms with van der Waals surface area (Å²) in [4.78, 5) is -0.0670. The molecule has 2 rings (SSSR count). The molecular weight excluding hydrogens is 278 g/mol. The fourth-order valence-electron chi connectivity index (χ4n) is 2.79. The molecule has 1 atom stereocenters. The van der Waals surface area contributed by atoms with E-state index < -0.39 is 10.1 Å². The Balaban J connectivity index is 2.82. The lowest BCUT2D eigenvalue weighted by molar-refractivity contribution is 0.221. The lowest BCUT2D eigenvalue weighted by atomic mass is 10.1. The molecular formula is C14H19NO4S. The third-order valence-electron chi connectivity index (χ3n) is 3.55. The molecule has 20 heavy (non-hydrogen) atoms. The molecule has 1 heterocycles. The molecule has 0 saturated heterocycles. The maximum Gasteiger partial charge on any atom is 0.296 e. The number of para-hydroxylation sites is 1. The molecule has 1 unspecified atom stereocenters. The van der Waals surface area contributed by atoms with E-state index in [4.69, 9.17) is 0 Å². The minimum absolute atomic E-state index is 0.0670. The Bertz CT molecular complexity index is 718. The maximum atomic E-state index is 11.6. The number of benzene rings is 1. The van der Waals surface area contributed by atoms with Crippen LogP contribution in [-0.2, 0) is 10.1 Å². The summed E-state index contributed by atoms with van der Waals surface area (Å²) in [6.45, 7) is 3.59. The van der Waals surface area contributed by atoms with Gasteiger partial charge in [0.15, 0.2) is 0 Å². The van der Waals surface area contributed by atoms with E-state index in [1.165, 1.54) is 0 Å². The molecule has 1 aromatic carbocycles. The van der Waals surface area contributed by atoms with Gasteiger partial charge >= 0.3 is 0 Å². The van der Waals surface area contributed by atoms with Crippen molar-refractivity contribution in [1.29, 1.82) is 0 Å². The topological polar surface area (TPSA) is 79.5 Å². The van der Waals surface area contributed by atoms with Gasteiger partial charge in [-0.05, 0) is 19.4 Å². The van der Waals surface area contributed by atoms with Crippen LogP contribution in [0.1, 0.15) is 31.5 Å². The molecule has 2 aromatic rings. The first-order chi connectivity index (χ1) is 9.41. The van der Waals surface area contributed by atoms with Crippen LogP contribution in [0.4, 0.5) is 0 Å². The van der Waals surface area contributed by atoms with Gasteiger partial charge in [-0.3, -0.25) is 4.55 Å². The Labute approximate surface area is 118 Å². The number of rotatable bonds is 5. The van der Waals surface area contributed by atoms with Crippen LogP contribution >= 0.6 is 0 Å². The van der Waals surface area contributed by atoms with Crippen molar-refractivity contribution < 1.29 is 18.1 Å². The predicted octanol–water partition coefficient (Wildman–Crippen LogP) is 2.53. The third-order valence-corrected chi connectivity index (χ3v) is 4.59. The molecule has 0 saturated carbocycles. The van der Waals surface area contributed by atoms with Crippen LogP contribution in [0.5, 0.6) is 0 Å². The quantitative estimate of drug-likeness (QED) is 0.831. The summed E-state index contributed by atoms with van der Waals surface area (Å²) >= 11 is 0. The first kappa shape index (κ1) is 15.0. The molecule has 0 bridgehead atoms. The molecule has 0 aliphatic rings. The Morgan fingerprint density at radius 3 is 2.50 bits per heavy atom. The van der Waals surface area contributed by atoms with Crippen molar-refractivity contribution in [3.8, 4) is 0 Å². The van der Waals surface area contributed by atoms with Gasteiger partial charge in [0.2, 0.25) is 0 Å². The minimum atomic E-state index is -4.30. The van der Waals surface area contributed by atoms with E-state index in [2.05, 4.69) is 0 Å². The first-order valence-corrected chi connectivity index (χ1v) is 8.03. The van der Waals surface area contributed by atoms with Gasteiger partial charge < -0.3 is 9.67 Å². The highest BCUT2D eigenvalue weighted by Crippen LogP contribution is 2.33. The summed E-state index contributed by atoms with van der Waals surface area (Å²) in [5, 5.41) is 10.1. The van der Waals surface area contributed by atoms with Crippen molar-refractivity contribution in [3.05, 3.63) is 30.0 Å². The SMILES string of the molecule is CCCC(CO)n1c(C)c(S(=O)(=O)O)c2ccccc21. The number of hydrogen-bond acceptors (Lipinski definition) is 3. The highest BCUT2D eigenvalue weighted by atomic mass is 32.2. The number of aliphatic hydroxyl groups excluding tert-OH is 1. The first-order valence-electron chi connectivity index (χ1n) is 6.59. The second-order valence-electron chi connectivity index (χ2n) is 4.90. The normalized spacial score (nSPS) is 13.8. The van der Waals surface area contributed by atoms with Gasteiger partial charge in [-0.2, -0.15) is 8.42 Å². The van der Waals surface area contributed by atoms with E-state index >= 15 is 0 Å². The molecule has 6 heteroatoms. The number of aliphatic hydroxyl groups is 1. The summed E-state index contributed by atoms with van der Waals surface area (Å²) in [7, 11) is -4.30. The predicted molar refractivity (Wildman–Crippen MR) is 77.5 cm³/mol. The fraction of sp³-hybridized carbons (Fsp3) is 0.429. The number of fused-ring (bicyclic) bond motifs is 1. The van der Waals surface area contributed by atoms with Crippen LogP contribution in [-0.4, -0.2) is 29.3 Å².